The number of aromatic nitrogens is 4. The highest BCUT2D eigenvalue weighted by Crippen LogP contribution is 2.32. The van der Waals surface area contributed by atoms with E-state index in [1.54, 1.807) is 30.1 Å². The molecule has 1 atom stereocenters. The lowest BCUT2D eigenvalue weighted by Gasteiger charge is -2.34. The number of carbonyl (C=O) groups is 1. The number of aromatic amines is 1. The lowest BCUT2D eigenvalue weighted by atomic mass is 10.0. The summed E-state index contributed by atoms with van der Waals surface area (Å²) in [6.45, 7) is -1.66. The van der Waals surface area contributed by atoms with E-state index in [0.29, 0.717) is 46.6 Å². The average Bonchev–Trinajstić information content (AvgIpc) is 3.19. The Morgan fingerprint density at radius 2 is 2.14 bits per heavy atom. The summed E-state index contributed by atoms with van der Waals surface area (Å²) >= 11 is 0. The lowest BCUT2D eigenvalue weighted by molar-refractivity contribution is -0.136. The van der Waals surface area contributed by atoms with Crippen molar-refractivity contribution in [1.82, 2.24) is 29.5 Å². The van der Waals surface area contributed by atoms with Crippen LogP contribution in [0.15, 0.2) is 23.0 Å². The van der Waals surface area contributed by atoms with Gasteiger partial charge in [-0.05, 0) is 37.9 Å². The van der Waals surface area contributed by atoms with Gasteiger partial charge < -0.3 is 19.7 Å². The zero-order chi connectivity index (χ0) is 29.4. The second-order valence-electron chi connectivity index (χ2n) is 8.53. The highest BCUT2D eigenvalue weighted by Gasteiger charge is 2.25. The molecule has 1 amide bonds. The number of piperazine rings is 1. The highest BCUT2D eigenvalue weighted by atomic mass is 16.5. The summed E-state index contributed by atoms with van der Waals surface area (Å²) in [4.78, 5) is 35.6. The second-order valence-corrected chi connectivity index (χ2v) is 8.53. The van der Waals surface area contributed by atoms with Crippen LogP contribution in [-0.4, -0.2) is 79.8 Å². The van der Waals surface area contributed by atoms with Gasteiger partial charge in [-0.3, -0.25) is 19.2 Å². The van der Waals surface area contributed by atoms with Gasteiger partial charge >= 0.3 is 0 Å². The molecular weight excluding hydrogens is 448 g/mol. The van der Waals surface area contributed by atoms with Crippen molar-refractivity contribution >= 4 is 16.9 Å². The number of fused-ring (bicyclic) bond motifs is 1. The standard InChI is InChI=1S/C25H34N6O4/c1-5-8-18-22-23(29(4)28-18)25(34)27-24(26-22)17-13-16(9-10-20(17)35-7-3)19(32)14-30-11-12-31(6-2)21(33)15-30/h9-10,13,19,32H,5-8,11-12,14-15H2,1-4H3,(H,26,27,34)/i2D3,6D2. The monoisotopic (exact) mass is 487 g/mol. The molecular formula is C25H34N6O4. The minimum atomic E-state index is -2.98. The number of aliphatic hydroxyl groups excluding tert-OH is 1. The third-order valence-electron chi connectivity index (χ3n) is 6.06. The fraction of sp³-hybridized carbons (Fsp3) is 0.520. The number of hydrogen-bond donors (Lipinski definition) is 2. The number of likely N-dealkylation sites (N-methyl/N-ethyl adjacent to an activating group) is 1. The van der Waals surface area contributed by atoms with Crippen LogP contribution >= 0.6 is 0 Å². The van der Waals surface area contributed by atoms with Crippen LogP contribution in [0.4, 0.5) is 0 Å². The van der Waals surface area contributed by atoms with Gasteiger partial charge in [0.15, 0.2) is 5.52 Å². The van der Waals surface area contributed by atoms with Gasteiger partial charge in [0, 0.05) is 40.0 Å². The van der Waals surface area contributed by atoms with Gasteiger partial charge in [-0.25, -0.2) is 4.98 Å². The Labute approximate surface area is 211 Å². The van der Waals surface area contributed by atoms with Crippen LogP contribution in [0, 0.1) is 0 Å². The van der Waals surface area contributed by atoms with Crippen LogP contribution in [0.1, 0.15) is 51.3 Å². The highest BCUT2D eigenvalue weighted by molar-refractivity contribution is 5.80. The molecule has 0 radical (unpaired) electrons. The van der Waals surface area contributed by atoms with Crippen molar-refractivity contribution in [2.24, 2.45) is 7.05 Å². The van der Waals surface area contributed by atoms with E-state index in [2.05, 4.69) is 10.1 Å². The number of carbonyl (C=O) groups excluding carboxylic acids is 1. The summed E-state index contributed by atoms with van der Waals surface area (Å²) in [6.07, 6.45) is 0.446. The number of hydrogen-bond acceptors (Lipinski definition) is 7. The van der Waals surface area contributed by atoms with E-state index in [4.69, 9.17) is 16.6 Å². The first kappa shape index (κ1) is 19.0. The minimum absolute atomic E-state index is 0.0516. The molecule has 2 N–H and O–H groups in total. The average molecular weight is 488 g/mol. The number of rotatable bonds is 9. The Kier molecular flexibility index (Phi) is 5.74. The van der Waals surface area contributed by atoms with Crippen molar-refractivity contribution in [1.29, 1.82) is 0 Å². The number of aryl methyl sites for hydroxylation is 2. The van der Waals surface area contributed by atoms with E-state index in [9.17, 15) is 14.7 Å². The van der Waals surface area contributed by atoms with Crippen LogP contribution in [0.5, 0.6) is 5.75 Å². The topological polar surface area (TPSA) is 117 Å². The first-order valence-electron chi connectivity index (χ1n) is 14.2. The molecule has 0 saturated carbocycles. The van der Waals surface area contributed by atoms with E-state index in [1.807, 2.05) is 13.8 Å². The van der Waals surface area contributed by atoms with Gasteiger partial charge in [-0.2, -0.15) is 5.10 Å². The maximum atomic E-state index is 13.0. The minimum Gasteiger partial charge on any atom is -0.493 e. The Morgan fingerprint density at radius 3 is 2.86 bits per heavy atom. The number of amides is 1. The number of H-pyrrole nitrogens is 1. The molecule has 1 aliphatic heterocycles. The van der Waals surface area contributed by atoms with Gasteiger partial charge in [0.2, 0.25) is 5.91 Å². The van der Waals surface area contributed by atoms with Crippen molar-refractivity contribution in [2.45, 2.75) is 39.6 Å². The van der Waals surface area contributed by atoms with Crippen molar-refractivity contribution in [3.8, 4) is 17.1 Å². The zero-order valence-electron chi connectivity index (χ0n) is 25.2. The lowest BCUT2D eigenvalue weighted by Crippen LogP contribution is -2.50. The molecule has 4 rings (SSSR count). The van der Waals surface area contributed by atoms with E-state index < -0.39 is 25.4 Å². The largest absolute Gasteiger partial charge is 0.493 e. The van der Waals surface area contributed by atoms with Gasteiger partial charge in [-0.15, -0.1) is 0 Å². The van der Waals surface area contributed by atoms with Crippen LogP contribution in [0.2, 0.25) is 0 Å². The number of benzene rings is 1. The van der Waals surface area contributed by atoms with Crippen LogP contribution < -0.4 is 10.3 Å². The number of nitrogens with one attached hydrogen (secondary N) is 1. The first-order chi connectivity index (χ1) is 18.8. The Bertz CT molecular complexity index is 1450. The maximum Gasteiger partial charge on any atom is 0.277 e. The van der Waals surface area contributed by atoms with Gasteiger partial charge in [0.05, 0.1) is 30.5 Å². The summed E-state index contributed by atoms with van der Waals surface area (Å²) in [7, 11) is 1.70. The molecule has 2 aromatic heterocycles. The summed E-state index contributed by atoms with van der Waals surface area (Å²) in [5.74, 6) is 0.0787. The third-order valence-corrected chi connectivity index (χ3v) is 6.06. The van der Waals surface area contributed by atoms with Crippen LogP contribution in [0.25, 0.3) is 22.4 Å². The summed E-state index contributed by atoms with van der Waals surface area (Å²) < 4.78 is 45.4. The Balaban J connectivity index is 1.61. The fourth-order valence-electron chi connectivity index (χ4n) is 4.35. The van der Waals surface area contributed by atoms with Crippen molar-refractivity contribution < 1.29 is 21.5 Å². The van der Waals surface area contributed by atoms with E-state index in [1.165, 1.54) is 4.68 Å². The smallest absolute Gasteiger partial charge is 0.277 e. The van der Waals surface area contributed by atoms with Gasteiger partial charge in [-0.1, -0.05) is 19.4 Å². The number of ether oxygens (including phenoxy) is 1. The van der Waals surface area contributed by atoms with E-state index >= 15 is 0 Å². The Hall–Kier alpha value is -3.24. The van der Waals surface area contributed by atoms with E-state index in [-0.39, 0.29) is 37.6 Å². The molecule has 35 heavy (non-hydrogen) atoms. The quantitative estimate of drug-likeness (QED) is 0.473. The molecule has 1 aliphatic rings. The fourth-order valence-corrected chi connectivity index (χ4v) is 4.35. The predicted octanol–water partition coefficient (Wildman–Crippen LogP) is 1.87. The summed E-state index contributed by atoms with van der Waals surface area (Å²) in [6, 6.07) is 5.06. The first-order valence-corrected chi connectivity index (χ1v) is 11.7. The van der Waals surface area contributed by atoms with Gasteiger partial charge in [0.25, 0.3) is 5.56 Å². The molecule has 3 heterocycles. The Morgan fingerprint density at radius 1 is 1.31 bits per heavy atom. The van der Waals surface area contributed by atoms with Crippen molar-refractivity contribution in [3.05, 3.63) is 39.8 Å². The summed E-state index contributed by atoms with van der Waals surface area (Å²) in [5.41, 5.74) is 2.22. The third kappa shape index (κ3) is 5.08. The molecule has 1 saturated heterocycles. The summed E-state index contributed by atoms with van der Waals surface area (Å²) in [5, 5.41) is 15.5. The molecule has 10 nitrogen and oxygen atoms in total. The SMILES string of the molecule is [2H]C([2H])([2H])C([2H])([2H])N1CCN(CC(O)c2ccc(OCC)c(-c3nc4c(CCC)nn(C)c4c(=O)[nH]3)c2)CC1=O. The molecule has 0 aliphatic carbocycles. The molecule has 3 aromatic rings. The second kappa shape index (κ2) is 10.6. The van der Waals surface area contributed by atoms with Gasteiger partial charge in [0.1, 0.15) is 17.1 Å². The van der Waals surface area contributed by atoms with Crippen LogP contribution in [-0.2, 0) is 18.3 Å². The maximum absolute atomic E-state index is 13.0. The number of β-amino-alcohol motifs (C(OH)–C–C–N with tert-alkyl or cyclic N) is 1. The normalized spacial score (nSPS) is 18.6. The number of nitrogens with zero attached hydrogens (tertiary/aromatic N) is 5. The zero-order valence-corrected chi connectivity index (χ0v) is 20.2. The van der Waals surface area contributed by atoms with Crippen molar-refractivity contribution in [3.63, 3.8) is 0 Å². The molecule has 0 bridgehead atoms. The van der Waals surface area contributed by atoms with Crippen LogP contribution in [0.3, 0.4) is 0 Å². The molecule has 1 fully saturated rings. The molecule has 1 unspecified atom stereocenters. The predicted molar refractivity (Wildman–Crippen MR) is 133 cm³/mol. The molecule has 188 valence electrons. The van der Waals surface area contributed by atoms with Crippen molar-refractivity contribution in [2.75, 3.05) is 39.3 Å². The number of aliphatic hydroxyl groups is 1. The molecule has 10 heteroatoms. The van der Waals surface area contributed by atoms with E-state index in [0.717, 1.165) is 11.3 Å². The molecule has 1 aromatic carbocycles. The molecule has 0 spiro atoms.